The van der Waals surface area contributed by atoms with Crippen LogP contribution >= 0.6 is 0 Å². The molecular formula is C13H18FNO. The van der Waals surface area contributed by atoms with Crippen LogP contribution in [0, 0.1) is 12.7 Å². The molecule has 0 amide bonds. The molecule has 1 aliphatic rings. The molecule has 0 heterocycles. The third-order valence-corrected chi connectivity index (χ3v) is 3.73. The molecule has 1 saturated carbocycles. The van der Waals surface area contributed by atoms with Gasteiger partial charge in [0.05, 0.1) is 0 Å². The van der Waals surface area contributed by atoms with Gasteiger partial charge in [0.1, 0.15) is 0 Å². The van der Waals surface area contributed by atoms with Gasteiger partial charge in [-0.3, -0.25) is 0 Å². The minimum atomic E-state index is -0.533. The van der Waals surface area contributed by atoms with Crippen molar-refractivity contribution in [2.24, 2.45) is 5.73 Å². The summed E-state index contributed by atoms with van der Waals surface area (Å²) in [5.41, 5.74) is 7.16. The first-order valence-electron chi connectivity index (χ1n) is 5.79. The van der Waals surface area contributed by atoms with Crippen LogP contribution in [0.1, 0.15) is 36.8 Å². The molecule has 0 radical (unpaired) electrons. The second kappa shape index (κ2) is 4.06. The van der Waals surface area contributed by atoms with Crippen LogP contribution in [0.3, 0.4) is 0 Å². The zero-order valence-corrected chi connectivity index (χ0v) is 9.59. The first kappa shape index (κ1) is 11.4. The van der Waals surface area contributed by atoms with Crippen molar-refractivity contribution in [3.05, 3.63) is 29.1 Å². The monoisotopic (exact) mass is 223 g/mol. The fraction of sp³-hybridized carbons (Fsp3) is 0.538. The van der Waals surface area contributed by atoms with Crippen molar-refractivity contribution in [3.63, 3.8) is 0 Å². The van der Waals surface area contributed by atoms with Gasteiger partial charge in [-0.05, 0) is 31.4 Å². The molecule has 0 unspecified atom stereocenters. The van der Waals surface area contributed by atoms with E-state index in [0.29, 0.717) is 12.1 Å². The number of hydrogen-bond acceptors (Lipinski definition) is 2. The molecule has 0 bridgehead atoms. The maximum Gasteiger partial charge on any atom is 0.165 e. The third-order valence-electron chi connectivity index (χ3n) is 3.73. The van der Waals surface area contributed by atoms with Crippen molar-refractivity contribution in [3.8, 4) is 5.75 Å². The minimum absolute atomic E-state index is 0.210. The number of phenolic OH excluding ortho intramolecular Hbond substituents is 1. The molecule has 0 aromatic heterocycles. The molecular weight excluding hydrogens is 205 g/mol. The summed E-state index contributed by atoms with van der Waals surface area (Å²) in [5.74, 6) is -0.743. The van der Waals surface area contributed by atoms with Crippen LogP contribution in [0.15, 0.2) is 12.1 Å². The van der Waals surface area contributed by atoms with Gasteiger partial charge in [0.2, 0.25) is 0 Å². The SMILES string of the molecule is Cc1cc(F)c(O)c(C2(CN)CCCC2)c1. The van der Waals surface area contributed by atoms with Gasteiger partial charge in [-0.25, -0.2) is 4.39 Å². The van der Waals surface area contributed by atoms with E-state index in [0.717, 1.165) is 31.2 Å². The minimum Gasteiger partial charge on any atom is -0.505 e. The summed E-state index contributed by atoms with van der Waals surface area (Å²) in [5, 5.41) is 9.85. The second-order valence-corrected chi connectivity index (χ2v) is 4.83. The van der Waals surface area contributed by atoms with Gasteiger partial charge in [0, 0.05) is 17.5 Å². The Hall–Kier alpha value is -1.09. The number of hydrogen-bond donors (Lipinski definition) is 2. The summed E-state index contributed by atoms with van der Waals surface area (Å²) in [6.07, 6.45) is 4.10. The molecule has 0 saturated heterocycles. The van der Waals surface area contributed by atoms with E-state index >= 15 is 0 Å². The molecule has 2 rings (SSSR count). The zero-order valence-electron chi connectivity index (χ0n) is 9.59. The number of halogens is 1. The maximum absolute atomic E-state index is 13.5. The van der Waals surface area contributed by atoms with Gasteiger partial charge in [0.25, 0.3) is 0 Å². The first-order chi connectivity index (χ1) is 7.59. The van der Waals surface area contributed by atoms with Crippen LogP contribution in [0.4, 0.5) is 4.39 Å². The third kappa shape index (κ3) is 1.69. The van der Waals surface area contributed by atoms with E-state index in [9.17, 15) is 9.50 Å². The van der Waals surface area contributed by atoms with Gasteiger partial charge in [-0.15, -0.1) is 0 Å². The van der Waals surface area contributed by atoms with E-state index in [1.165, 1.54) is 6.07 Å². The molecule has 1 aliphatic carbocycles. The van der Waals surface area contributed by atoms with E-state index in [1.54, 1.807) is 0 Å². The van der Waals surface area contributed by atoms with Crippen molar-refractivity contribution < 1.29 is 9.50 Å². The van der Waals surface area contributed by atoms with Gasteiger partial charge >= 0.3 is 0 Å². The molecule has 0 aliphatic heterocycles. The molecule has 3 N–H and O–H groups in total. The molecule has 16 heavy (non-hydrogen) atoms. The Labute approximate surface area is 95.3 Å². The first-order valence-corrected chi connectivity index (χ1v) is 5.79. The Bertz CT molecular complexity index is 397. The lowest BCUT2D eigenvalue weighted by atomic mass is 9.78. The zero-order chi connectivity index (χ0) is 11.8. The van der Waals surface area contributed by atoms with E-state index < -0.39 is 5.82 Å². The molecule has 88 valence electrons. The highest BCUT2D eigenvalue weighted by Crippen LogP contribution is 2.44. The van der Waals surface area contributed by atoms with Gasteiger partial charge in [0.15, 0.2) is 11.6 Å². The topological polar surface area (TPSA) is 46.2 Å². The number of phenols is 1. The summed E-state index contributed by atoms with van der Waals surface area (Å²) in [6.45, 7) is 2.31. The molecule has 1 aromatic carbocycles. The summed E-state index contributed by atoms with van der Waals surface area (Å²) >= 11 is 0. The molecule has 1 fully saturated rings. The number of nitrogens with two attached hydrogens (primary N) is 1. The van der Waals surface area contributed by atoms with E-state index in [4.69, 9.17) is 5.73 Å². The average Bonchev–Trinajstić information content (AvgIpc) is 2.73. The highest BCUT2D eigenvalue weighted by Gasteiger charge is 2.37. The molecule has 1 aromatic rings. The van der Waals surface area contributed by atoms with Crippen molar-refractivity contribution in [1.82, 2.24) is 0 Å². The summed E-state index contributed by atoms with van der Waals surface area (Å²) in [4.78, 5) is 0. The number of benzene rings is 1. The smallest absolute Gasteiger partial charge is 0.165 e. The van der Waals surface area contributed by atoms with Crippen LogP contribution in [0.5, 0.6) is 5.75 Å². The Morgan fingerprint density at radius 2 is 2.00 bits per heavy atom. The Balaban J connectivity index is 2.53. The Kier molecular flexibility index (Phi) is 2.89. The lowest BCUT2D eigenvalue weighted by Gasteiger charge is -2.29. The van der Waals surface area contributed by atoms with Gasteiger partial charge < -0.3 is 10.8 Å². The fourth-order valence-electron chi connectivity index (χ4n) is 2.77. The van der Waals surface area contributed by atoms with Crippen LogP contribution in [-0.2, 0) is 5.41 Å². The lowest BCUT2D eigenvalue weighted by molar-refractivity contribution is 0.383. The van der Waals surface area contributed by atoms with Gasteiger partial charge in [-0.1, -0.05) is 18.9 Å². The van der Waals surface area contributed by atoms with Crippen LogP contribution < -0.4 is 5.73 Å². The molecule has 0 atom stereocenters. The van der Waals surface area contributed by atoms with E-state index in [2.05, 4.69) is 0 Å². The number of rotatable bonds is 2. The number of aryl methyl sites for hydroxylation is 1. The normalized spacial score (nSPS) is 18.9. The Morgan fingerprint density at radius 3 is 2.56 bits per heavy atom. The van der Waals surface area contributed by atoms with Gasteiger partial charge in [-0.2, -0.15) is 0 Å². The van der Waals surface area contributed by atoms with Crippen LogP contribution in [-0.4, -0.2) is 11.7 Å². The molecule has 2 nitrogen and oxygen atoms in total. The lowest BCUT2D eigenvalue weighted by Crippen LogP contribution is -2.32. The van der Waals surface area contributed by atoms with Crippen LogP contribution in [0.2, 0.25) is 0 Å². The predicted octanol–water partition coefficient (Wildman–Crippen LogP) is 2.61. The predicted molar refractivity (Wildman–Crippen MR) is 62.0 cm³/mol. The summed E-state index contributed by atoms with van der Waals surface area (Å²) < 4.78 is 13.5. The van der Waals surface area contributed by atoms with Crippen molar-refractivity contribution in [2.75, 3.05) is 6.54 Å². The van der Waals surface area contributed by atoms with Crippen molar-refractivity contribution >= 4 is 0 Å². The summed E-state index contributed by atoms with van der Waals surface area (Å²) in [6, 6.07) is 3.23. The van der Waals surface area contributed by atoms with E-state index in [1.807, 2.05) is 13.0 Å². The summed E-state index contributed by atoms with van der Waals surface area (Å²) in [7, 11) is 0. The largest absolute Gasteiger partial charge is 0.505 e. The standard InChI is InChI=1S/C13H18FNO/c1-9-6-10(12(16)11(14)7-9)13(8-15)4-2-3-5-13/h6-7,16H,2-5,8,15H2,1H3. The Morgan fingerprint density at radius 1 is 1.38 bits per heavy atom. The highest BCUT2D eigenvalue weighted by atomic mass is 19.1. The average molecular weight is 223 g/mol. The fourth-order valence-corrected chi connectivity index (χ4v) is 2.77. The van der Waals surface area contributed by atoms with Crippen molar-refractivity contribution in [1.29, 1.82) is 0 Å². The van der Waals surface area contributed by atoms with Crippen molar-refractivity contribution in [2.45, 2.75) is 38.0 Å². The van der Waals surface area contributed by atoms with E-state index in [-0.39, 0.29) is 11.2 Å². The highest BCUT2D eigenvalue weighted by molar-refractivity contribution is 5.43. The maximum atomic E-state index is 13.5. The molecule has 0 spiro atoms. The number of aromatic hydroxyl groups is 1. The second-order valence-electron chi connectivity index (χ2n) is 4.83. The van der Waals surface area contributed by atoms with Crippen LogP contribution in [0.25, 0.3) is 0 Å². The molecule has 3 heteroatoms. The quantitative estimate of drug-likeness (QED) is 0.809.